The van der Waals surface area contributed by atoms with E-state index >= 15 is 0 Å². The van der Waals surface area contributed by atoms with Gasteiger partial charge in [0, 0.05) is 13.0 Å². The zero-order valence-corrected chi connectivity index (χ0v) is 9.13. The molecule has 0 saturated carbocycles. The lowest BCUT2D eigenvalue weighted by Gasteiger charge is -2.07. The summed E-state index contributed by atoms with van der Waals surface area (Å²) >= 11 is 5.95. The van der Waals surface area contributed by atoms with E-state index in [2.05, 4.69) is 10.3 Å². The van der Waals surface area contributed by atoms with Crippen LogP contribution in [-0.2, 0) is 0 Å². The van der Waals surface area contributed by atoms with Crippen molar-refractivity contribution >= 4 is 17.4 Å². The summed E-state index contributed by atoms with van der Waals surface area (Å²) in [5.74, 6) is 1.76. The van der Waals surface area contributed by atoms with Gasteiger partial charge < -0.3 is 10.1 Å². The molecule has 1 aromatic carbocycles. The van der Waals surface area contributed by atoms with Crippen LogP contribution in [0.2, 0.25) is 5.02 Å². The smallest absolute Gasteiger partial charge is 0.137 e. The summed E-state index contributed by atoms with van der Waals surface area (Å²) in [6.45, 7) is 2.43. The van der Waals surface area contributed by atoms with Gasteiger partial charge in [-0.1, -0.05) is 23.7 Å². The normalized spacial score (nSPS) is 14.6. The van der Waals surface area contributed by atoms with Crippen molar-refractivity contribution in [2.24, 2.45) is 4.99 Å². The van der Waals surface area contributed by atoms with E-state index in [4.69, 9.17) is 16.3 Å². The van der Waals surface area contributed by atoms with Crippen molar-refractivity contribution in [3.05, 3.63) is 29.3 Å². The van der Waals surface area contributed by atoms with E-state index in [-0.39, 0.29) is 0 Å². The fourth-order valence-corrected chi connectivity index (χ4v) is 1.62. The molecule has 0 amide bonds. The summed E-state index contributed by atoms with van der Waals surface area (Å²) in [4.78, 5) is 4.28. The number of aliphatic imine (C=N–C) groups is 1. The van der Waals surface area contributed by atoms with Crippen LogP contribution in [0.4, 0.5) is 0 Å². The molecule has 1 N–H and O–H groups in total. The minimum Gasteiger partial charge on any atom is -0.492 e. The Balaban J connectivity index is 1.80. The molecule has 0 atom stereocenters. The maximum absolute atomic E-state index is 5.95. The number of amidine groups is 1. The van der Waals surface area contributed by atoms with Gasteiger partial charge in [-0.25, -0.2) is 0 Å². The van der Waals surface area contributed by atoms with Gasteiger partial charge >= 0.3 is 0 Å². The monoisotopic (exact) mass is 224 g/mol. The van der Waals surface area contributed by atoms with E-state index in [1.807, 2.05) is 24.3 Å². The second-order valence-electron chi connectivity index (χ2n) is 3.28. The quantitative estimate of drug-likeness (QED) is 0.850. The molecule has 0 bridgehead atoms. The van der Waals surface area contributed by atoms with Crippen LogP contribution in [0.5, 0.6) is 5.75 Å². The van der Waals surface area contributed by atoms with Crippen LogP contribution in [-0.4, -0.2) is 25.5 Å². The zero-order chi connectivity index (χ0) is 10.5. The molecule has 0 fully saturated rings. The Morgan fingerprint density at radius 1 is 1.40 bits per heavy atom. The van der Waals surface area contributed by atoms with E-state index in [0.717, 1.165) is 31.1 Å². The SMILES string of the molecule is Clc1ccccc1OCCC1=NCCN1. The number of hydrogen-bond acceptors (Lipinski definition) is 3. The van der Waals surface area contributed by atoms with Crippen LogP contribution in [0.15, 0.2) is 29.3 Å². The predicted octanol–water partition coefficient (Wildman–Crippen LogP) is 2.11. The average Bonchev–Trinajstić information content (AvgIpc) is 2.74. The molecule has 0 aliphatic carbocycles. The number of nitrogens with one attached hydrogen (secondary N) is 1. The van der Waals surface area contributed by atoms with Crippen LogP contribution in [0, 0.1) is 0 Å². The number of rotatable bonds is 4. The Kier molecular flexibility index (Phi) is 3.45. The molecular weight excluding hydrogens is 212 g/mol. The number of hydrogen-bond donors (Lipinski definition) is 1. The van der Waals surface area contributed by atoms with E-state index in [1.54, 1.807) is 0 Å². The lowest BCUT2D eigenvalue weighted by Crippen LogP contribution is -2.20. The van der Waals surface area contributed by atoms with Crippen molar-refractivity contribution in [1.82, 2.24) is 5.32 Å². The fourth-order valence-electron chi connectivity index (χ4n) is 1.43. The first kappa shape index (κ1) is 10.3. The molecule has 0 radical (unpaired) electrons. The van der Waals surface area contributed by atoms with Crippen molar-refractivity contribution in [2.45, 2.75) is 6.42 Å². The first-order valence-electron chi connectivity index (χ1n) is 5.01. The largest absolute Gasteiger partial charge is 0.492 e. The second-order valence-corrected chi connectivity index (χ2v) is 3.69. The van der Waals surface area contributed by atoms with Gasteiger partial charge in [0.2, 0.25) is 0 Å². The van der Waals surface area contributed by atoms with Gasteiger partial charge in [-0.3, -0.25) is 4.99 Å². The minimum absolute atomic E-state index is 0.607. The second kappa shape index (κ2) is 5.03. The number of halogens is 1. The van der Waals surface area contributed by atoms with E-state index in [0.29, 0.717) is 11.6 Å². The first-order valence-corrected chi connectivity index (χ1v) is 5.38. The van der Waals surface area contributed by atoms with Gasteiger partial charge in [0.05, 0.1) is 24.0 Å². The van der Waals surface area contributed by atoms with Crippen molar-refractivity contribution in [2.75, 3.05) is 19.7 Å². The van der Waals surface area contributed by atoms with Crippen molar-refractivity contribution in [1.29, 1.82) is 0 Å². The fraction of sp³-hybridized carbons (Fsp3) is 0.364. The zero-order valence-electron chi connectivity index (χ0n) is 8.37. The lowest BCUT2D eigenvalue weighted by atomic mass is 10.3. The van der Waals surface area contributed by atoms with Crippen LogP contribution < -0.4 is 10.1 Å². The molecule has 80 valence electrons. The van der Waals surface area contributed by atoms with Crippen molar-refractivity contribution < 1.29 is 4.74 Å². The van der Waals surface area contributed by atoms with Crippen LogP contribution >= 0.6 is 11.6 Å². The molecule has 0 aromatic heterocycles. The third-order valence-corrected chi connectivity index (χ3v) is 2.49. The molecule has 4 heteroatoms. The Labute approximate surface area is 94.1 Å². The van der Waals surface area contributed by atoms with Crippen molar-refractivity contribution in [3.63, 3.8) is 0 Å². The van der Waals surface area contributed by atoms with E-state index in [1.165, 1.54) is 0 Å². The van der Waals surface area contributed by atoms with Gasteiger partial charge in [-0.15, -0.1) is 0 Å². The summed E-state index contributed by atoms with van der Waals surface area (Å²) in [7, 11) is 0. The number of nitrogens with zero attached hydrogens (tertiary/aromatic N) is 1. The maximum Gasteiger partial charge on any atom is 0.137 e. The summed E-state index contributed by atoms with van der Waals surface area (Å²) in [5.41, 5.74) is 0. The first-order chi connectivity index (χ1) is 7.36. The van der Waals surface area contributed by atoms with Gasteiger partial charge in [0.1, 0.15) is 5.75 Å². The summed E-state index contributed by atoms with van der Waals surface area (Å²) in [6.07, 6.45) is 0.811. The topological polar surface area (TPSA) is 33.6 Å². The molecule has 1 aromatic rings. The highest BCUT2D eigenvalue weighted by atomic mass is 35.5. The Morgan fingerprint density at radius 3 is 3.00 bits per heavy atom. The summed E-state index contributed by atoms with van der Waals surface area (Å²) in [5, 5.41) is 3.85. The van der Waals surface area contributed by atoms with Crippen molar-refractivity contribution in [3.8, 4) is 5.75 Å². The highest BCUT2D eigenvalue weighted by Crippen LogP contribution is 2.23. The van der Waals surface area contributed by atoms with E-state index < -0.39 is 0 Å². The number of ether oxygens (including phenoxy) is 1. The Hall–Kier alpha value is -1.22. The van der Waals surface area contributed by atoms with Gasteiger partial charge in [-0.05, 0) is 12.1 Å². The summed E-state index contributed by atoms with van der Waals surface area (Å²) < 4.78 is 5.55. The third kappa shape index (κ3) is 2.86. The highest BCUT2D eigenvalue weighted by Gasteiger charge is 2.05. The number of benzene rings is 1. The molecule has 1 aliphatic heterocycles. The summed E-state index contributed by atoms with van der Waals surface area (Å²) in [6, 6.07) is 7.48. The van der Waals surface area contributed by atoms with Crippen LogP contribution in [0.1, 0.15) is 6.42 Å². The van der Waals surface area contributed by atoms with Gasteiger partial charge in [0.25, 0.3) is 0 Å². The molecule has 0 spiro atoms. The number of para-hydroxylation sites is 1. The lowest BCUT2D eigenvalue weighted by molar-refractivity contribution is 0.328. The van der Waals surface area contributed by atoms with Gasteiger partial charge in [0.15, 0.2) is 0 Å². The highest BCUT2D eigenvalue weighted by molar-refractivity contribution is 6.32. The van der Waals surface area contributed by atoms with Crippen LogP contribution in [0.25, 0.3) is 0 Å². The molecule has 0 unspecified atom stereocenters. The standard InChI is InChI=1S/C11H13ClN2O/c12-9-3-1-2-4-10(9)15-8-5-11-13-6-7-14-11/h1-4H,5-8H2,(H,13,14). The Morgan fingerprint density at radius 2 is 2.27 bits per heavy atom. The van der Waals surface area contributed by atoms with Gasteiger partial charge in [-0.2, -0.15) is 0 Å². The third-order valence-electron chi connectivity index (χ3n) is 2.18. The molecular formula is C11H13ClN2O. The molecule has 1 heterocycles. The minimum atomic E-state index is 0.607. The molecule has 2 rings (SSSR count). The molecule has 1 aliphatic rings. The average molecular weight is 225 g/mol. The van der Waals surface area contributed by atoms with E-state index in [9.17, 15) is 0 Å². The molecule has 15 heavy (non-hydrogen) atoms. The Bertz CT molecular complexity index is 365. The predicted molar refractivity (Wildman–Crippen MR) is 61.9 cm³/mol. The maximum atomic E-state index is 5.95. The van der Waals surface area contributed by atoms with Crippen LogP contribution in [0.3, 0.4) is 0 Å². The molecule has 0 saturated heterocycles. The molecule has 3 nitrogen and oxygen atoms in total.